The van der Waals surface area contributed by atoms with Crippen LogP contribution in [0.5, 0.6) is 0 Å². The van der Waals surface area contributed by atoms with Crippen LogP contribution in [0.25, 0.3) is 0 Å². The van der Waals surface area contributed by atoms with E-state index in [1.54, 1.807) is 0 Å². The smallest absolute Gasteiger partial charge is 0.0599 e. The summed E-state index contributed by atoms with van der Waals surface area (Å²) >= 11 is 0. The summed E-state index contributed by atoms with van der Waals surface area (Å²) in [5, 5.41) is 9.14. The molecule has 1 heterocycles. The Morgan fingerprint density at radius 2 is 2.00 bits per heavy atom. The number of nitrogens with zero attached hydrogens (tertiary/aromatic N) is 2. The SMILES string of the molecule is CCN1CCN(CC)C(CO)C1. The molecule has 72 valence electrons. The lowest BCUT2D eigenvalue weighted by atomic mass is 10.2. The van der Waals surface area contributed by atoms with Gasteiger partial charge in [0.1, 0.15) is 0 Å². The molecule has 12 heavy (non-hydrogen) atoms. The summed E-state index contributed by atoms with van der Waals surface area (Å²) in [4.78, 5) is 4.75. The molecule has 1 fully saturated rings. The van der Waals surface area contributed by atoms with Crippen molar-refractivity contribution in [3.8, 4) is 0 Å². The number of aliphatic hydroxyl groups excluding tert-OH is 1. The zero-order chi connectivity index (χ0) is 8.97. The van der Waals surface area contributed by atoms with E-state index in [0.29, 0.717) is 12.6 Å². The van der Waals surface area contributed by atoms with E-state index in [9.17, 15) is 0 Å². The topological polar surface area (TPSA) is 26.7 Å². The Balaban J connectivity index is 2.41. The van der Waals surface area contributed by atoms with Crippen molar-refractivity contribution in [1.29, 1.82) is 0 Å². The van der Waals surface area contributed by atoms with Crippen molar-refractivity contribution in [1.82, 2.24) is 9.80 Å². The van der Waals surface area contributed by atoms with Crippen LogP contribution < -0.4 is 0 Å². The van der Waals surface area contributed by atoms with Gasteiger partial charge >= 0.3 is 0 Å². The maximum absolute atomic E-state index is 9.14. The summed E-state index contributed by atoms with van der Waals surface area (Å²) in [6.45, 7) is 10.1. The number of aliphatic hydroxyl groups is 1. The summed E-state index contributed by atoms with van der Waals surface area (Å²) in [7, 11) is 0. The summed E-state index contributed by atoms with van der Waals surface area (Å²) in [6.07, 6.45) is 0. The van der Waals surface area contributed by atoms with Gasteiger partial charge in [0.25, 0.3) is 0 Å². The van der Waals surface area contributed by atoms with Gasteiger partial charge in [-0.05, 0) is 13.1 Å². The van der Waals surface area contributed by atoms with Gasteiger partial charge in [-0.3, -0.25) is 4.90 Å². The van der Waals surface area contributed by atoms with E-state index in [1.807, 2.05) is 0 Å². The summed E-state index contributed by atoms with van der Waals surface area (Å²) in [6, 6.07) is 0.365. The van der Waals surface area contributed by atoms with Crippen molar-refractivity contribution in [3.05, 3.63) is 0 Å². The van der Waals surface area contributed by atoms with E-state index in [0.717, 1.165) is 32.7 Å². The van der Waals surface area contributed by atoms with Gasteiger partial charge in [-0.2, -0.15) is 0 Å². The quantitative estimate of drug-likeness (QED) is 0.649. The first kappa shape index (κ1) is 9.96. The van der Waals surface area contributed by atoms with Crippen molar-refractivity contribution in [2.24, 2.45) is 0 Å². The maximum atomic E-state index is 9.14. The molecular weight excluding hydrogens is 152 g/mol. The van der Waals surface area contributed by atoms with Crippen LogP contribution in [0.4, 0.5) is 0 Å². The molecule has 1 aliphatic heterocycles. The fraction of sp³-hybridized carbons (Fsp3) is 1.00. The fourth-order valence-corrected chi connectivity index (χ4v) is 1.83. The van der Waals surface area contributed by atoms with Gasteiger partial charge in [-0.1, -0.05) is 13.8 Å². The lowest BCUT2D eigenvalue weighted by Gasteiger charge is -2.39. The number of likely N-dealkylation sites (N-methyl/N-ethyl adjacent to an activating group) is 2. The second-order valence-corrected chi connectivity index (χ2v) is 3.36. The third-order valence-electron chi connectivity index (χ3n) is 2.75. The van der Waals surface area contributed by atoms with Crippen molar-refractivity contribution in [2.75, 3.05) is 39.3 Å². The van der Waals surface area contributed by atoms with Gasteiger partial charge in [0.2, 0.25) is 0 Å². The van der Waals surface area contributed by atoms with E-state index in [2.05, 4.69) is 23.6 Å². The Morgan fingerprint density at radius 1 is 1.25 bits per heavy atom. The molecule has 0 saturated carbocycles. The molecule has 1 aliphatic rings. The summed E-state index contributed by atoms with van der Waals surface area (Å²) in [5.74, 6) is 0. The second kappa shape index (κ2) is 4.80. The minimum atomic E-state index is 0.296. The molecule has 0 aromatic heterocycles. The molecule has 1 unspecified atom stereocenters. The minimum Gasteiger partial charge on any atom is -0.395 e. The largest absolute Gasteiger partial charge is 0.395 e. The second-order valence-electron chi connectivity index (χ2n) is 3.36. The van der Waals surface area contributed by atoms with Gasteiger partial charge in [0.15, 0.2) is 0 Å². The standard InChI is InChI=1S/C9H20N2O/c1-3-10-5-6-11(4-2)9(7-10)8-12/h9,12H,3-8H2,1-2H3. The van der Waals surface area contributed by atoms with Gasteiger partial charge in [-0.15, -0.1) is 0 Å². The maximum Gasteiger partial charge on any atom is 0.0599 e. The lowest BCUT2D eigenvalue weighted by molar-refractivity contribution is 0.0461. The Morgan fingerprint density at radius 3 is 2.50 bits per heavy atom. The summed E-state index contributed by atoms with van der Waals surface area (Å²) < 4.78 is 0. The van der Waals surface area contributed by atoms with Crippen LogP contribution in [0.3, 0.4) is 0 Å². The van der Waals surface area contributed by atoms with Crippen LogP contribution in [0, 0.1) is 0 Å². The van der Waals surface area contributed by atoms with E-state index >= 15 is 0 Å². The molecule has 3 heteroatoms. The van der Waals surface area contributed by atoms with Crippen LogP contribution >= 0.6 is 0 Å². The zero-order valence-corrected chi connectivity index (χ0v) is 8.16. The molecule has 0 radical (unpaired) electrons. The average Bonchev–Trinajstić information content (AvgIpc) is 2.16. The van der Waals surface area contributed by atoms with Crippen molar-refractivity contribution in [2.45, 2.75) is 19.9 Å². The van der Waals surface area contributed by atoms with Gasteiger partial charge in [0.05, 0.1) is 6.61 Å². The lowest BCUT2D eigenvalue weighted by Crippen LogP contribution is -2.54. The first-order valence-electron chi connectivity index (χ1n) is 4.89. The molecule has 0 aromatic carbocycles. The Kier molecular flexibility index (Phi) is 3.98. The molecule has 0 amide bonds. The fourth-order valence-electron chi connectivity index (χ4n) is 1.83. The third kappa shape index (κ3) is 2.19. The van der Waals surface area contributed by atoms with Crippen LogP contribution in [0.2, 0.25) is 0 Å². The third-order valence-corrected chi connectivity index (χ3v) is 2.75. The van der Waals surface area contributed by atoms with Gasteiger partial charge in [0, 0.05) is 25.7 Å². The first-order valence-corrected chi connectivity index (χ1v) is 4.89. The number of rotatable bonds is 3. The highest BCUT2D eigenvalue weighted by molar-refractivity contribution is 4.80. The molecule has 0 aliphatic carbocycles. The summed E-state index contributed by atoms with van der Waals surface area (Å²) in [5.41, 5.74) is 0. The number of hydrogen-bond donors (Lipinski definition) is 1. The molecule has 3 nitrogen and oxygen atoms in total. The van der Waals surface area contributed by atoms with E-state index in [4.69, 9.17) is 5.11 Å². The monoisotopic (exact) mass is 172 g/mol. The van der Waals surface area contributed by atoms with Crippen LogP contribution in [-0.4, -0.2) is 60.3 Å². The normalized spacial score (nSPS) is 27.8. The molecule has 0 aromatic rings. The molecule has 1 rings (SSSR count). The molecule has 0 bridgehead atoms. The molecule has 0 spiro atoms. The Labute approximate surface area is 75.0 Å². The molecule has 1 N–H and O–H groups in total. The molecular formula is C9H20N2O. The van der Waals surface area contributed by atoms with Crippen molar-refractivity contribution >= 4 is 0 Å². The Bertz CT molecular complexity index is 130. The van der Waals surface area contributed by atoms with Crippen molar-refractivity contribution in [3.63, 3.8) is 0 Å². The average molecular weight is 172 g/mol. The zero-order valence-electron chi connectivity index (χ0n) is 8.16. The minimum absolute atomic E-state index is 0.296. The first-order chi connectivity index (χ1) is 5.81. The number of piperazine rings is 1. The van der Waals surface area contributed by atoms with Crippen molar-refractivity contribution < 1.29 is 5.11 Å². The molecule has 1 atom stereocenters. The van der Waals surface area contributed by atoms with E-state index < -0.39 is 0 Å². The highest BCUT2D eigenvalue weighted by Crippen LogP contribution is 2.08. The van der Waals surface area contributed by atoms with E-state index in [-0.39, 0.29) is 0 Å². The van der Waals surface area contributed by atoms with Crippen LogP contribution in [-0.2, 0) is 0 Å². The van der Waals surface area contributed by atoms with Crippen LogP contribution in [0.15, 0.2) is 0 Å². The predicted octanol–water partition coefficient (Wildman–Crippen LogP) is 0.00470. The van der Waals surface area contributed by atoms with E-state index in [1.165, 1.54) is 0 Å². The van der Waals surface area contributed by atoms with Gasteiger partial charge < -0.3 is 10.0 Å². The molecule has 1 saturated heterocycles. The van der Waals surface area contributed by atoms with Gasteiger partial charge in [-0.25, -0.2) is 0 Å². The predicted molar refractivity (Wildman–Crippen MR) is 50.2 cm³/mol. The highest BCUT2D eigenvalue weighted by atomic mass is 16.3. The van der Waals surface area contributed by atoms with Crippen LogP contribution in [0.1, 0.15) is 13.8 Å². The number of hydrogen-bond acceptors (Lipinski definition) is 3. The highest BCUT2D eigenvalue weighted by Gasteiger charge is 2.23. The Hall–Kier alpha value is -0.120.